The maximum Gasteiger partial charge on any atom is 0.241 e. The van der Waals surface area contributed by atoms with Gasteiger partial charge in [-0.25, -0.2) is 13.1 Å². The minimum atomic E-state index is -3.57. The molecular formula is C16H21NO3S. The minimum Gasteiger partial charge on any atom is -0.497 e. The van der Waals surface area contributed by atoms with Crippen LogP contribution in [0.5, 0.6) is 5.75 Å². The van der Waals surface area contributed by atoms with E-state index in [4.69, 9.17) is 4.74 Å². The second-order valence-electron chi connectivity index (χ2n) is 5.37. The highest BCUT2D eigenvalue weighted by molar-refractivity contribution is 7.89. The molecule has 1 aliphatic rings. The predicted molar refractivity (Wildman–Crippen MR) is 84.0 cm³/mol. The van der Waals surface area contributed by atoms with E-state index in [0.717, 1.165) is 0 Å². The molecule has 0 amide bonds. The SMILES string of the molecule is COc1cc(C)c(S(=O)(=O)NC2C=CC=CC2C)c(C)c1. The van der Waals surface area contributed by atoms with E-state index in [2.05, 4.69) is 4.72 Å². The molecule has 0 aliphatic heterocycles. The van der Waals surface area contributed by atoms with Crippen LogP contribution >= 0.6 is 0 Å². The van der Waals surface area contributed by atoms with Gasteiger partial charge in [0.1, 0.15) is 5.75 Å². The van der Waals surface area contributed by atoms with Gasteiger partial charge in [0, 0.05) is 6.04 Å². The summed E-state index contributed by atoms with van der Waals surface area (Å²) in [5, 5.41) is 0. The first-order valence-electron chi connectivity index (χ1n) is 6.87. The summed E-state index contributed by atoms with van der Waals surface area (Å²) < 4.78 is 33.3. The van der Waals surface area contributed by atoms with E-state index in [1.54, 1.807) is 33.1 Å². The average molecular weight is 307 g/mol. The Bertz CT molecular complexity index is 666. The van der Waals surface area contributed by atoms with E-state index < -0.39 is 10.0 Å². The number of rotatable bonds is 4. The summed E-state index contributed by atoms with van der Waals surface area (Å²) in [5.74, 6) is 0.793. The molecule has 0 radical (unpaired) electrons. The first kappa shape index (κ1) is 15.8. The third kappa shape index (κ3) is 3.36. The highest BCUT2D eigenvalue weighted by Gasteiger charge is 2.25. The van der Waals surface area contributed by atoms with Gasteiger partial charge in [-0.2, -0.15) is 0 Å². The minimum absolute atomic E-state index is 0.128. The van der Waals surface area contributed by atoms with Crippen molar-refractivity contribution in [3.63, 3.8) is 0 Å². The van der Waals surface area contributed by atoms with Crippen LogP contribution in [0.1, 0.15) is 18.1 Å². The van der Waals surface area contributed by atoms with Gasteiger partial charge in [-0.3, -0.25) is 0 Å². The Kier molecular flexibility index (Phi) is 4.54. The van der Waals surface area contributed by atoms with E-state index in [1.165, 1.54) is 0 Å². The van der Waals surface area contributed by atoms with E-state index in [9.17, 15) is 8.42 Å². The van der Waals surface area contributed by atoms with Crippen molar-refractivity contribution in [1.29, 1.82) is 0 Å². The quantitative estimate of drug-likeness (QED) is 0.930. The summed E-state index contributed by atoms with van der Waals surface area (Å²) in [5.41, 5.74) is 1.37. The molecule has 114 valence electrons. The Morgan fingerprint density at radius 1 is 1.10 bits per heavy atom. The topological polar surface area (TPSA) is 55.4 Å². The fraction of sp³-hybridized carbons (Fsp3) is 0.375. The van der Waals surface area contributed by atoms with Gasteiger partial charge in [-0.1, -0.05) is 31.2 Å². The number of nitrogens with one attached hydrogen (secondary N) is 1. The normalized spacial score (nSPS) is 21.5. The van der Waals surface area contributed by atoms with Crippen molar-refractivity contribution in [3.05, 3.63) is 47.6 Å². The molecular weight excluding hydrogens is 286 g/mol. The number of sulfonamides is 1. The Hall–Kier alpha value is -1.59. The highest BCUT2D eigenvalue weighted by atomic mass is 32.2. The molecule has 0 spiro atoms. The smallest absolute Gasteiger partial charge is 0.241 e. The summed E-state index contributed by atoms with van der Waals surface area (Å²) in [6.07, 6.45) is 7.65. The Morgan fingerprint density at radius 2 is 1.67 bits per heavy atom. The van der Waals surface area contributed by atoms with E-state index in [-0.39, 0.29) is 12.0 Å². The summed E-state index contributed by atoms with van der Waals surface area (Å²) in [4.78, 5) is 0.332. The van der Waals surface area contributed by atoms with Gasteiger partial charge in [-0.15, -0.1) is 0 Å². The average Bonchev–Trinajstić information content (AvgIpc) is 2.40. The molecule has 1 aromatic carbocycles. The number of allylic oxidation sites excluding steroid dienone is 2. The molecule has 4 nitrogen and oxygen atoms in total. The lowest BCUT2D eigenvalue weighted by Gasteiger charge is -2.23. The number of ether oxygens (including phenoxy) is 1. The van der Waals surface area contributed by atoms with Crippen LogP contribution in [-0.2, 0) is 10.0 Å². The first-order chi connectivity index (χ1) is 9.85. The predicted octanol–water partition coefficient (Wildman–Crippen LogP) is 2.72. The second kappa shape index (κ2) is 6.03. The third-order valence-corrected chi connectivity index (χ3v) is 5.40. The van der Waals surface area contributed by atoms with Gasteiger partial charge in [0.25, 0.3) is 0 Å². The molecule has 0 fully saturated rings. The Morgan fingerprint density at radius 3 is 2.19 bits per heavy atom. The standard InChI is InChI=1S/C16H21NO3S/c1-11-7-5-6-8-15(11)17-21(18,19)16-12(2)9-14(20-4)10-13(16)3/h5-11,15,17H,1-4H3. The fourth-order valence-corrected chi connectivity index (χ4v) is 4.29. The van der Waals surface area contributed by atoms with Crippen LogP contribution in [0.2, 0.25) is 0 Å². The van der Waals surface area contributed by atoms with Crippen molar-refractivity contribution in [1.82, 2.24) is 4.72 Å². The largest absolute Gasteiger partial charge is 0.497 e. The van der Waals surface area contributed by atoms with Gasteiger partial charge < -0.3 is 4.74 Å². The highest BCUT2D eigenvalue weighted by Crippen LogP contribution is 2.26. The van der Waals surface area contributed by atoms with Crippen molar-refractivity contribution >= 4 is 10.0 Å². The fourth-order valence-electron chi connectivity index (χ4n) is 2.56. The van der Waals surface area contributed by atoms with E-state index >= 15 is 0 Å². The Labute approximate surface area is 126 Å². The summed E-state index contributed by atoms with van der Waals surface area (Å²) in [6, 6.07) is 3.25. The maximum atomic E-state index is 12.7. The summed E-state index contributed by atoms with van der Waals surface area (Å²) in [6.45, 7) is 5.55. The molecule has 0 heterocycles. The molecule has 1 N–H and O–H groups in total. The number of aryl methyl sites for hydroxylation is 2. The number of methoxy groups -OCH3 is 1. The zero-order valence-electron chi connectivity index (χ0n) is 12.8. The van der Waals surface area contributed by atoms with Crippen LogP contribution in [0, 0.1) is 19.8 Å². The summed E-state index contributed by atoms with van der Waals surface area (Å²) in [7, 11) is -2.00. The van der Waals surface area contributed by atoms with Gasteiger partial charge in [0.2, 0.25) is 10.0 Å². The molecule has 2 atom stereocenters. The van der Waals surface area contributed by atoms with Crippen LogP contribution in [-0.4, -0.2) is 21.6 Å². The molecule has 5 heteroatoms. The molecule has 2 rings (SSSR count). The Balaban J connectivity index is 2.36. The zero-order chi connectivity index (χ0) is 15.6. The lowest BCUT2D eigenvalue weighted by Crippen LogP contribution is -2.38. The zero-order valence-corrected chi connectivity index (χ0v) is 13.6. The molecule has 1 aliphatic carbocycles. The van der Waals surface area contributed by atoms with Crippen LogP contribution in [0.4, 0.5) is 0 Å². The van der Waals surface area contributed by atoms with Crippen LogP contribution in [0.3, 0.4) is 0 Å². The van der Waals surface area contributed by atoms with Crippen molar-refractivity contribution in [2.75, 3.05) is 7.11 Å². The third-order valence-electron chi connectivity index (χ3n) is 3.64. The van der Waals surface area contributed by atoms with E-state index in [0.29, 0.717) is 21.8 Å². The maximum absolute atomic E-state index is 12.7. The lowest BCUT2D eigenvalue weighted by atomic mass is 9.98. The number of hydrogen-bond acceptors (Lipinski definition) is 3. The summed E-state index contributed by atoms with van der Waals surface area (Å²) >= 11 is 0. The van der Waals surface area contributed by atoms with Gasteiger partial charge in [0.15, 0.2) is 0 Å². The monoisotopic (exact) mass is 307 g/mol. The molecule has 2 unspecified atom stereocenters. The molecule has 0 saturated heterocycles. The molecule has 0 bridgehead atoms. The van der Waals surface area contributed by atoms with Crippen molar-refractivity contribution < 1.29 is 13.2 Å². The molecule has 1 aromatic rings. The van der Waals surface area contributed by atoms with Gasteiger partial charge in [-0.05, 0) is 43.0 Å². The van der Waals surface area contributed by atoms with Crippen molar-refractivity contribution in [2.24, 2.45) is 5.92 Å². The van der Waals surface area contributed by atoms with Crippen LogP contribution in [0.25, 0.3) is 0 Å². The van der Waals surface area contributed by atoms with E-state index in [1.807, 2.05) is 31.2 Å². The van der Waals surface area contributed by atoms with Crippen molar-refractivity contribution in [2.45, 2.75) is 31.7 Å². The molecule has 21 heavy (non-hydrogen) atoms. The van der Waals surface area contributed by atoms with Gasteiger partial charge in [0.05, 0.1) is 12.0 Å². The van der Waals surface area contributed by atoms with Gasteiger partial charge >= 0.3 is 0 Å². The number of benzene rings is 1. The second-order valence-corrected chi connectivity index (χ2v) is 7.02. The first-order valence-corrected chi connectivity index (χ1v) is 8.36. The van der Waals surface area contributed by atoms with Crippen molar-refractivity contribution in [3.8, 4) is 5.75 Å². The molecule has 0 aromatic heterocycles. The number of hydrogen-bond donors (Lipinski definition) is 1. The lowest BCUT2D eigenvalue weighted by molar-refractivity contribution is 0.413. The molecule has 0 saturated carbocycles. The van der Waals surface area contributed by atoms with Crippen LogP contribution in [0.15, 0.2) is 41.3 Å². The van der Waals surface area contributed by atoms with Crippen LogP contribution < -0.4 is 9.46 Å².